The van der Waals surface area contributed by atoms with Gasteiger partial charge in [0.1, 0.15) is 5.82 Å². The average Bonchev–Trinajstić information content (AvgIpc) is 2.27. The Morgan fingerprint density at radius 2 is 1.84 bits per heavy atom. The zero-order chi connectivity index (χ0) is 14.7. The number of hydrogen-bond acceptors (Lipinski definition) is 3. The summed E-state index contributed by atoms with van der Waals surface area (Å²) in [6.45, 7) is 13.8. The van der Waals surface area contributed by atoms with Crippen LogP contribution in [0.2, 0.25) is 0 Å². The molecule has 0 aliphatic heterocycles. The van der Waals surface area contributed by atoms with Crippen molar-refractivity contribution in [1.29, 1.82) is 0 Å². The molecular formula is C16H29N3. The molecule has 3 N–H and O–H groups in total. The van der Waals surface area contributed by atoms with Crippen LogP contribution in [0.4, 0.5) is 5.82 Å². The number of rotatable bonds is 5. The number of nitrogens with two attached hydrogens (primary N) is 1. The maximum Gasteiger partial charge on any atom is 0.126 e. The van der Waals surface area contributed by atoms with Crippen LogP contribution in [0, 0.1) is 5.92 Å². The van der Waals surface area contributed by atoms with E-state index in [-0.39, 0.29) is 11.0 Å². The molecular weight excluding hydrogens is 234 g/mol. The van der Waals surface area contributed by atoms with Gasteiger partial charge in [0.05, 0.1) is 0 Å². The van der Waals surface area contributed by atoms with Gasteiger partial charge in [-0.05, 0) is 36.3 Å². The summed E-state index contributed by atoms with van der Waals surface area (Å²) in [6, 6.07) is 4.19. The Bertz CT molecular complexity index is 389. The van der Waals surface area contributed by atoms with Crippen LogP contribution in [0.15, 0.2) is 18.3 Å². The van der Waals surface area contributed by atoms with Crippen molar-refractivity contribution in [2.75, 3.05) is 11.9 Å². The molecule has 1 heterocycles. The summed E-state index contributed by atoms with van der Waals surface area (Å²) in [5.41, 5.74) is 7.21. The van der Waals surface area contributed by atoms with Gasteiger partial charge >= 0.3 is 0 Å². The molecule has 0 fully saturated rings. The summed E-state index contributed by atoms with van der Waals surface area (Å²) >= 11 is 0. The number of pyridine rings is 1. The molecule has 0 amide bonds. The minimum Gasteiger partial charge on any atom is -0.364 e. The lowest BCUT2D eigenvalue weighted by Gasteiger charge is -2.32. The van der Waals surface area contributed by atoms with Crippen molar-refractivity contribution >= 4 is 5.82 Å². The van der Waals surface area contributed by atoms with Crippen LogP contribution in [0.5, 0.6) is 0 Å². The van der Waals surface area contributed by atoms with Crippen molar-refractivity contribution in [3.05, 3.63) is 23.9 Å². The van der Waals surface area contributed by atoms with Crippen LogP contribution in [0.25, 0.3) is 0 Å². The highest BCUT2D eigenvalue weighted by atomic mass is 15.1. The topological polar surface area (TPSA) is 50.9 Å². The molecule has 3 heteroatoms. The number of hydrogen-bond donors (Lipinski definition) is 2. The molecule has 3 nitrogen and oxygen atoms in total. The van der Waals surface area contributed by atoms with E-state index in [1.54, 1.807) is 0 Å². The van der Waals surface area contributed by atoms with Crippen LogP contribution in [0.1, 0.15) is 53.5 Å². The largest absolute Gasteiger partial charge is 0.364 e. The van der Waals surface area contributed by atoms with E-state index in [0.29, 0.717) is 12.5 Å². The standard InChI is InChI=1S/C16H29N3/c1-12(2)9-16(6,11-17)19-14-8-7-13(10-18-14)15(3,4)5/h7-8,10,12H,9,11,17H2,1-6H3,(H,18,19). The zero-order valence-electron chi connectivity index (χ0n) is 13.2. The van der Waals surface area contributed by atoms with Gasteiger partial charge in [0.15, 0.2) is 0 Å². The first-order valence-corrected chi connectivity index (χ1v) is 7.11. The monoisotopic (exact) mass is 263 g/mol. The first-order chi connectivity index (χ1) is 8.66. The van der Waals surface area contributed by atoms with E-state index >= 15 is 0 Å². The van der Waals surface area contributed by atoms with Gasteiger partial charge in [-0.15, -0.1) is 0 Å². The van der Waals surface area contributed by atoms with Crippen LogP contribution in [0.3, 0.4) is 0 Å². The first-order valence-electron chi connectivity index (χ1n) is 7.11. The van der Waals surface area contributed by atoms with E-state index in [1.165, 1.54) is 5.56 Å². The number of nitrogens with one attached hydrogen (secondary N) is 1. The summed E-state index contributed by atoms with van der Waals surface area (Å²) < 4.78 is 0. The quantitative estimate of drug-likeness (QED) is 0.854. The second-order valence-electron chi connectivity index (χ2n) is 7.17. The molecule has 1 aromatic rings. The van der Waals surface area contributed by atoms with Crippen molar-refractivity contribution in [3.63, 3.8) is 0 Å². The van der Waals surface area contributed by atoms with Gasteiger partial charge in [-0.3, -0.25) is 0 Å². The molecule has 1 atom stereocenters. The molecule has 0 spiro atoms. The molecule has 108 valence electrons. The summed E-state index contributed by atoms with van der Waals surface area (Å²) in [7, 11) is 0. The fourth-order valence-electron chi connectivity index (χ4n) is 2.31. The molecule has 0 aliphatic carbocycles. The lowest BCUT2D eigenvalue weighted by atomic mass is 9.88. The molecule has 0 aliphatic rings. The Labute approximate surface area is 118 Å². The van der Waals surface area contributed by atoms with E-state index in [4.69, 9.17) is 5.73 Å². The van der Waals surface area contributed by atoms with Gasteiger partial charge < -0.3 is 11.1 Å². The van der Waals surface area contributed by atoms with Gasteiger partial charge in [0.25, 0.3) is 0 Å². The number of aromatic nitrogens is 1. The van der Waals surface area contributed by atoms with Gasteiger partial charge in [-0.25, -0.2) is 4.98 Å². The highest BCUT2D eigenvalue weighted by molar-refractivity contribution is 5.40. The SMILES string of the molecule is CC(C)CC(C)(CN)Nc1ccc(C(C)(C)C)cn1. The third-order valence-electron chi connectivity index (χ3n) is 3.37. The summed E-state index contributed by atoms with van der Waals surface area (Å²) in [5, 5.41) is 3.48. The molecule has 1 unspecified atom stereocenters. The number of nitrogens with zero attached hydrogens (tertiary/aromatic N) is 1. The molecule has 0 saturated heterocycles. The first kappa shape index (κ1) is 16.0. The van der Waals surface area contributed by atoms with Gasteiger partial charge in [0.2, 0.25) is 0 Å². The van der Waals surface area contributed by atoms with Gasteiger partial charge in [-0.2, -0.15) is 0 Å². The van der Waals surface area contributed by atoms with E-state index in [1.807, 2.05) is 6.20 Å². The smallest absolute Gasteiger partial charge is 0.126 e. The van der Waals surface area contributed by atoms with Crippen LogP contribution >= 0.6 is 0 Å². The molecule has 19 heavy (non-hydrogen) atoms. The molecule has 0 aromatic carbocycles. The predicted molar refractivity (Wildman–Crippen MR) is 83.5 cm³/mol. The molecule has 0 bridgehead atoms. The van der Waals surface area contributed by atoms with Crippen LogP contribution < -0.4 is 11.1 Å². The normalized spacial score (nSPS) is 15.4. The van der Waals surface area contributed by atoms with Gasteiger partial charge in [-0.1, -0.05) is 40.7 Å². The summed E-state index contributed by atoms with van der Waals surface area (Å²) in [5.74, 6) is 1.51. The van der Waals surface area contributed by atoms with Crippen LogP contribution in [-0.4, -0.2) is 17.1 Å². The third kappa shape index (κ3) is 4.83. The average molecular weight is 263 g/mol. The maximum atomic E-state index is 5.91. The Morgan fingerprint density at radius 1 is 1.21 bits per heavy atom. The number of anilines is 1. The maximum absolute atomic E-state index is 5.91. The van der Waals surface area contributed by atoms with Crippen molar-refractivity contribution in [1.82, 2.24) is 4.98 Å². The fraction of sp³-hybridized carbons (Fsp3) is 0.688. The molecule has 0 saturated carbocycles. The predicted octanol–water partition coefficient (Wildman–Crippen LogP) is 3.55. The van der Waals surface area contributed by atoms with E-state index in [0.717, 1.165) is 12.2 Å². The van der Waals surface area contributed by atoms with E-state index < -0.39 is 0 Å². The molecule has 1 aromatic heterocycles. The highest BCUT2D eigenvalue weighted by Crippen LogP contribution is 2.24. The third-order valence-corrected chi connectivity index (χ3v) is 3.37. The molecule has 0 radical (unpaired) electrons. The highest BCUT2D eigenvalue weighted by Gasteiger charge is 2.24. The summed E-state index contributed by atoms with van der Waals surface area (Å²) in [4.78, 5) is 4.52. The Balaban J connectivity index is 2.82. The minimum atomic E-state index is -0.0928. The second kappa shape index (κ2) is 5.91. The van der Waals surface area contributed by atoms with Crippen molar-refractivity contribution in [2.45, 2.75) is 58.9 Å². The summed E-state index contributed by atoms with van der Waals surface area (Å²) in [6.07, 6.45) is 2.99. The van der Waals surface area contributed by atoms with Crippen molar-refractivity contribution in [3.8, 4) is 0 Å². The van der Waals surface area contributed by atoms with Crippen LogP contribution in [-0.2, 0) is 5.41 Å². The second-order valence-corrected chi connectivity index (χ2v) is 7.17. The Kier molecular flexibility index (Phi) is 4.97. The van der Waals surface area contributed by atoms with Crippen molar-refractivity contribution in [2.24, 2.45) is 11.7 Å². The lowest BCUT2D eigenvalue weighted by molar-refractivity contribution is 0.406. The van der Waals surface area contributed by atoms with Crippen molar-refractivity contribution < 1.29 is 0 Å². The van der Waals surface area contributed by atoms with Gasteiger partial charge in [0, 0.05) is 18.3 Å². The fourth-order valence-corrected chi connectivity index (χ4v) is 2.31. The zero-order valence-corrected chi connectivity index (χ0v) is 13.2. The Hall–Kier alpha value is -1.09. The minimum absolute atomic E-state index is 0.0928. The van der Waals surface area contributed by atoms with E-state index in [9.17, 15) is 0 Å². The van der Waals surface area contributed by atoms with E-state index in [2.05, 4.69) is 64.0 Å². The molecule has 1 rings (SSSR count). The lowest BCUT2D eigenvalue weighted by Crippen LogP contribution is -2.43. The Morgan fingerprint density at radius 3 is 2.21 bits per heavy atom.